The average Bonchev–Trinajstić information content (AvgIpc) is 3.26. The van der Waals surface area contributed by atoms with Gasteiger partial charge in [0.2, 0.25) is 5.91 Å². The van der Waals surface area contributed by atoms with Gasteiger partial charge in [-0.2, -0.15) is 5.10 Å². The van der Waals surface area contributed by atoms with Crippen molar-refractivity contribution >= 4 is 11.8 Å². The number of nitrogens with one attached hydrogen (secondary N) is 1. The maximum absolute atomic E-state index is 13.0. The van der Waals surface area contributed by atoms with Gasteiger partial charge in [0.25, 0.3) is 5.91 Å². The predicted octanol–water partition coefficient (Wildman–Crippen LogP) is 2.42. The maximum atomic E-state index is 13.0. The van der Waals surface area contributed by atoms with Crippen LogP contribution in [0.5, 0.6) is 11.5 Å². The summed E-state index contributed by atoms with van der Waals surface area (Å²) in [6.07, 6.45) is 0.207. The second-order valence-electron chi connectivity index (χ2n) is 7.58. The summed E-state index contributed by atoms with van der Waals surface area (Å²) in [5.41, 5.74) is 3.00. The molecule has 2 heterocycles. The van der Waals surface area contributed by atoms with Crippen LogP contribution in [0.4, 0.5) is 0 Å². The number of nitrogens with zero attached hydrogens (tertiary/aromatic N) is 3. The highest BCUT2D eigenvalue weighted by atomic mass is 16.5. The quantitative estimate of drug-likeness (QED) is 0.617. The van der Waals surface area contributed by atoms with Crippen LogP contribution in [-0.2, 0) is 30.8 Å². The molecule has 0 aliphatic carbocycles. The minimum absolute atomic E-state index is 0.0147. The normalized spacial score (nSPS) is 12.8. The molecule has 3 aromatic rings. The Balaban J connectivity index is 1.40. The van der Waals surface area contributed by atoms with Crippen LogP contribution >= 0.6 is 0 Å². The van der Waals surface area contributed by atoms with Crippen molar-refractivity contribution in [2.75, 3.05) is 20.8 Å². The highest BCUT2D eigenvalue weighted by Crippen LogP contribution is 2.25. The summed E-state index contributed by atoms with van der Waals surface area (Å²) in [5, 5.41) is 7.31. The Morgan fingerprint density at radius 2 is 1.84 bits per heavy atom. The number of methoxy groups -OCH3 is 2. The van der Waals surface area contributed by atoms with Crippen LogP contribution in [0.2, 0.25) is 0 Å². The third kappa shape index (κ3) is 4.74. The molecule has 1 N–H and O–H groups in total. The van der Waals surface area contributed by atoms with Crippen LogP contribution in [0.25, 0.3) is 0 Å². The Morgan fingerprint density at radius 3 is 2.59 bits per heavy atom. The largest absolute Gasteiger partial charge is 0.497 e. The molecule has 8 heteroatoms. The molecule has 166 valence electrons. The first kappa shape index (κ1) is 21.4. The monoisotopic (exact) mass is 434 g/mol. The van der Waals surface area contributed by atoms with Crippen molar-refractivity contribution in [1.29, 1.82) is 0 Å². The van der Waals surface area contributed by atoms with Crippen LogP contribution in [0.15, 0.2) is 54.6 Å². The molecule has 0 unspecified atom stereocenters. The van der Waals surface area contributed by atoms with Gasteiger partial charge in [-0.15, -0.1) is 0 Å². The summed E-state index contributed by atoms with van der Waals surface area (Å²) in [4.78, 5) is 27.3. The van der Waals surface area contributed by atoms with E-state index in [0.29, 0.717) is 43.4 Å². The number of benzene rings is 2. The van der Waals surface area contributed by atoms with Gasteiger partial charge in [-0.25, -0.2) is 0 Å². The number of hydrogen-bond donors (Lipinski definition) is 1. The van der Waals surface area contributed by atoms with Crippen LogP contribution in [-0.4, -0.2) is 47.3 Å². The zero-order valence-corrected chi connectivity index (χ0v) is 18.2. The number of ether oxygens (including phenoxy) is 2. The topological polar surface area (TPSA) is 85.7 Å². The lowest BCUT2D eigenvalue weighted by atomic mass is 10.1. The summed E-state index contributed by atoms with van der Waals surface area (Å²) < 4.78 is 12.5. The molecule has 2 aromatic carbocycles. The van der Waals surface area contributed by atoms with Crippen molar-refractivity contribution in [2.45, 2.75) is 26.1 Å². The maximum Gasteiger partial charge on any atom is 0.272 e. The van der Waals surface area contributed by atoms with Gasteiger partial charge in [-0.1, -0.05) is 30.3 Å². The molecule has 0 radical (unpaired) electrons. The van der Waals surface area contributed by atoms with Crippen LogP contribution in [0.3, 0.4) is 0 Å². The Morgan fingerprint density at radius 1 is 1.03 bits per heavy atom. The molecule has 1 aliphatic heterocycles. The van der Waals surface area contributed by atoms with Crippen LogP contribution in [0, 0.1) is 0 Å². The average molecular weight is 434 g/mol. The van der Waals surface area contributed by atoms with E-state index in [2.05, 4.69) is 10.4 Å². The summed E-state index contributed by atoms with van der Waals surface area (Å²) in [7, 11) is 3.17. The molecule has 1 aliphatic rings. The second kappa shape index (κ2) is 9.55. The van der Waals surface area contributed by atoms with Crippen molar-refractivity contribution in [3.05, 3.63) is 77.1 Å². The number of amides is 2. The van der Waals surface area contributed by atoms with Gasteiger partial charge < -0.3 is 19.7 Å². The molecule has 0 spiro atoms. The summed E-state index contributed by atoms with van der Waals surface area (Å²) in [6, 6.07) is 16.9. The molecular weight excluding hydrogens is 408 g/mol. The first-order valence-corrected chi connectivity index (χ1v) is 10.4. The van der Waals surface area contributed by atoms with E-state index in [0.717, 1.165) is 16.8 Å². The van der Waals surface area contributed by atoms with E-state index < -0.39 is 0 Å². The number of carbonyl (C=O) groups is 2. The third-order valence-electron chi connectivity index (χ3n) is 5.51. The van der Waals surface area contributed by atoms with Gasteiger partial charge in [0, 0.05) is 18.7 Å². The Kier molecular flexibility index (Phi) is 6.39. The minimum Gasteiger partial charge on any atom is -0.497 e. The van der Waals surface area contributed by atoms with Gasteiger partial charge in [0.15, 0.2) is 5.69 Å². The third-order valence-corrected chi connectivity index (χ3v) is 5.51. The molecule has 1 aromatic heterocycles. The molecule has 8 nitrogen and oxygen atoms in total. The number of hydrogen-bond acceptors (Lipinski definition) is 5. The highest BCUT2D eigenvalue weighted by molar-refractivity contribution is 5.92. The lowest BCUT2D eigenvalue weighted by Gasteiger charge is -2.28. The Labute approximate surface area is 186 Å². The molecule has 0 fully saturated rings. The van der Waals surface area contributed by atoms with Gasteiger partial charge in [-0.05, 0) is 29.8 Å². The molecule has 0 saturated carbocycles. The van der Waals surface area contributed by atoms with Crippen molar-refractivity contribution in [1.82, 2.24) is 20.0 Å². The number of rotatable bonds is 7. The number of fused-ring (bicyclic) bond motifs is 1. The summed E-state index contributed by atoms with van der Waals surface area (Å²) in [5.74, 6) is 1.09. The Bertz CT molecular complexity index is 1110. The summed E-state index contributed by atoms with van der Waals surface area (Å²) >= 11 is 0. The van der Waals surface area contributed by atoms with Crippen LogP contribution in [0.1, 0.15) is 27.3 Å². The van der Waals surface area contributed by atoms with E-state index in [9.17, 15) is 9.59 Å². The van der Waals surface area contributed by atoms with E-state index in [1.54, 1.807) is 42.0 Å². The molecular formula is C24H26N4O4. The fourth-order valence-electron chi connectivity index (χ4n) is 3.75. The van der Waals surface area contributed by atoms with Crippen molar-refractivity contribution in [3.8, 4) is 11.5 Å². The first-order valence-electron chi connectivity index (χ1n) is 10.4. The zero-order valence-electron chi connectivity index (χ0n) is 18.2. The van der Waals surface area contributed by atoms with Crippen LogP contribution < -0.4 is 14.8 Å². The van der Waals surface area contributed by atoms with Gasteiger partial charge >= 0.3 is 0 Å². The van der Waals surface area contributed by atoms with Gasteiger partial charge in [0.1, 0.15) is 11.5 Å². The number of aromatic nitrogens is 2. The van der Waals surface area contributed by atoms with E-state index in [-0.39, 0.29) is 18.2 Å². The van der Waals surface area contributed by atoms with E-state index in [4.69, 9.17) is 9.47 Å². The summed E-state index contributed by atoms with van der Waals surface area (Å²) in [6.45, 7) is 1.92. The second-order valence-corrected chi connectivity index (χ2v) is 7.58. The lowest BCUT2D eigenvalue weighted by Crippen LogP contribution is -2.39. The van der Waals surface area contributed by atoms with Crippen molar-refractivity contribution in [3.63, 3.8) is 0 Å². The predicted molar refractivity (Wildman–Crippen MR) is 119 cm³/mol. The molecule has 0 bridgehead atoms. The molecule has 2 amide bonds. The first-order chi connectivity index (χ1) is 15.6. The smallest absolute Gasteiger partial charge is 0.272 e. The van der Waals surface area contributed by atoms with Crippen molar-refractivity contribution < 1.29 is 19.1 Å². The number of carbonyl (C=O) groups excluding carboxylic acids is 2. The van der Waals surface area contributed by atoms with E-state index >= 15 is 0 Å². The Hall–Kier alpha value is -3.81. The SMILES string of the molecule is COc1ccc(OC)c(CC(=O)N2CCn3nc(C(=O)NCc4ccccc4)cc3C2)c1. The molecule has 0 atom stereocenters. The highest BCUT2D eigenvalue weighted by Gasteiger charge is 2.24. The minimum atomic E-state index is -0.227. The zero-order chi connectivity index (χ0) is 22.5. The fraction of sp³-hybridized carbons (Fsp3) is 0.292. The molecule has 32 heavy (non-hydrogen) atoms. The lowest BCUT2D eigenvalue weighted by molar-refractivity contribution is -0.132. The van der Waals surface area contributed by atoms with Gasteiger partial charge in [0.05, 0.1) is 39.4 Å². The molecule has 0 saturated heterocycles. The van der Waals surface area contributed by atoms with E-state index in [1.807, 2.05) is 36.4 Å². The van der Waals surface area contributed by atoms with Crippen molar-refractivity contribution in [2.24, 2.45) is 0 Å². The van der Waals surface area contributed by atoms with Gasteiger partial charge in [-0.3, -0.25) is 14.3 Å². The fourth-order valence-corrected chi connectivity index (χ4v) is 3.75. The standard InChI is InChI=1S/C24H26N4O4/c1-31-20-8-9-22(32-2)18(12-20)13-23(29)27-10-11-28-19(16-27)14-21(26-28)24(30)25-15-17-6-4-3-5-7-17/h3-9,12,14H,10-11,13,15-16H2,1-2H3,(H,25,30). The molecule has 4 rings (SSSR count). The van der Waals surface area contributed by atoms with E-state index in [1.165, 1.54) is 0 Å².